The van der Waals surface area contributed by atoms with Gasteiger partial charge in [-0.3, -0.25) is 0 Å². The summed E-state index contributed by atoms with van der Waals surface area (Å²) >= 11 is 0. The second kappa shape index (κ2) is 6.02. The molecule has 0 spiro atoms. The van der Waals surface area contributed by atoms with Crippen molar-refractivity contribution >= 4 is 10.9 Å². The largest absolute Gasteiger partial charge is 0.494 e. The van der Waals surface area contributed by atoms with Gasteiger partial charge in [0.25, 0.3) is 0 Å². The van der Waals surface area contributed by atoms with Gasteiger partial charge in [-0.05, 0) is 36.2 Å². The van der Waals surface area contributed by atoms with Crippen LogP contribution in [-0.4, -0.2) is 18.1 Å². The molecule has 0 saturated carbocycles. The summed E-state index contributed by atoms with van der Waals surface area (Å²) in [5, 5.41) is 1.24. The Hall–Kier alpha value is -2.26. The van der Waals surface area contributed by atoms with E-state index < -0.39 is 0 Å². The molecule has 0 aliphatic heterocycles. The maximum absolute atomic E-state index is 6.04. The molecule has 0 saturated heterocycles. The van der Waals surface area contributed by atoms with Crippen molar-refractivity contribution in [2.24, 2.45) is 5.73 Å². The van der Waals surface area contributed by atoms with Gasteiger partial charge in [0, 0.05) is 29.6 Å². The van der Waals surface area contributed by atoms with Gasteiger partial charge in [0.2, 0.25) is 0 Å². The van der Waals surface area contributed by atoms with Crippen LogP contribution in [0.2, 0.25) is 0 Å². The highest BCUT2D eigenvalue weighted by atomic mass is 16.5. The predicted molar refractivity (Wildman–Crippen MR) is 86.8 cm³/mol. The molecule has 1 unspecified atom stereocenters. The summed E-state index contributed by atoms with van der Waals surface area (Å²) in [6.45, 7) is 3.25. The number of aromatic nitrogens is 1. The Morgan fingerprint density at radius 3 is 2.57 bits per heavy atom. The fourth-order valence-corrected chi connectivity index (χ4v) is 2.79. The minimum Gasteiger partial charge on any atom is -0.494 e. The van der Waals surface area contributed by atoms with Gasteiger partial charge in [-0.25, -0.2) is 0 Å². The number of aromatic amines is 1. The lowest BCUT2D eigenvalue weighted by Crippen LogP contribution is -2.13. The van der Waals surface area contributed by atoms with E-state index in [0.29, 0.717) is 13.2 Å². The average molecular weight is 280 g/mol. The number of rotatable bonds is 5. The van der Waals surface area contributed by atoms with E-state index in [4.69, 9.17) is 10.5 Å². The van der Waals surface area contributed by atoms with Gasteiger partial charge >= 0.3 is 0 Å². The smallest absolute Gasteiger partial charge is 0.119 e. The summed E-state index contributed by atoms with van der Waals surface area (Å²) in [6, 6.07) is 16.5. The van der Waals surface area contributed by atoms with Crippen molar-refractivity contribution in [2.45, 2.75) is 12.8 Å². The molecule has 0 amide bonds. The van der Waals surface area contributed by atoms with Crippen LogP contribution < -0.4 is 10.5 Å². The minimum atomic E-state index is 0.192. The first-order chi connectivity index (χ1) is 10.3. The van der Waals surface area contributed by atoms with E-state index in [2.05, 4.69) is 41.5 Å². The van der Waals surface area contributed by atoms with E-state index >= 15 is 0 Å². The molecule has 1 atom stereocenters. The first-order valence-electron chi connectivity index (χ1n) is 7.32. The van der Waals surface area contributed by atoms with Gasteiger partial charge in [-0.1, -0.05) is 30.3 Å². The minimum absolute atomic E-state index is 0.192. The molecule has 0 aliphatic carbocycles. The third kappa shape index (κ3) is 2.65. The molecule has 3 rings (SSSR count). The maximum Gasteiger partial charge on any atom is 0.119 e. The second-order valence-electron chi connectivity index (χ2n) is 5.08. The van der Waals surface area contributed by atoms with Crippen molar-refractivity contribution in [1.29, 1.82) is 0 Å². The van der Waals surface area contributed by atoms with Crippen LogP contribution in [0.3, 0.4) is 0 Å². The molecular formula is C18H20N2O. The van der Waals surface area contributed by atoms with Gasteiger partial charge in [0.1, 0.15) is 5.75 Å². The van der Waals surface area contributed by atoms with E-state index in [1.165, 1.54) is 16.5 Å². The highest BCUT2D eigenvalue weighted by molar-refractivity contribution is 5.84. The zero-order valence-electron chi connectivity index (χ0n) is 12.2. The Kier molecular flexibility index (Phi) is 3.93. The number of fused-ring (bicyclic) bond motifs is 1. The van der Waals surface area contributed by atoms with Crippen LogP contribution in [0.5, 0.6) is 5.75 Å². The van der Waals surface area contributed by atoms with Crippen molar-refractivity contribution in [3.8, 4) is 5.75 Å². The van der Waals surface area contributed by atoms with E-state index in [1.54, 1.807) is 0 Å². The molecule has 1 heterocycles. The Labute approximate surface area is 124 Å². The summed E-state index contributed by atoms with van der Waals surface area (Å²) in [5.41, 5.74) is 9.65. The van der Waals surface area contributed by atoms with Crippen LogP contribution in [-0.2, 0) is 0 Å². The summed E-state index contributed by atoms with van der Waals surface area (Å²) in [6.07, 6.45) is 2.07. The number of ether oxygens (including phenoxy) is 1. The van der Waals surface area contributed by atoms with E-state index in [9.17, 15) is 0 Å². The summed E-state index contributed by atoms with van der Waals surface area (Å²) in [5.74, 6) is 1.09. The molecular weight excluding hydrogens is 260 g/mol. The Bertz CT molecular complexity index is 715. The van der Waals surface area contributed by atoms with Gasteiger partial charge in [-0.15, -0.1) is 0 Å². The molecule has 3 heteroatoms. The SMILES string of the molecule is CCOc1ccc(C(CN)c2c[nH]c3ccccc23)cc1. The molecule has 0 radical (unpaired) electrons. The fourth-order valence-electron chi connectivity index (χ4n) is 2.79. The molecule has 0 bridgehead atoms. The molecule has 3 aromatic rings. The maximum atomic E-state index is 6.04. The van der Waals surface area contributed by atoms with Crippen LogP contribution >= 0.6 is 0 Å². The Morgan fingerprint density at radius 1 is 1.10 bits per heavy atom. The van der Waals surface area contributed by atoms with E-state index in [1.807, 2.05) is 25.1 Å². The first-order valence-corrected chi connectivity index (χ1v) is 7.32. The predicted octanol–water partition coefficient (Wildman–Crippen LogP) is 3.66. The highest BCUT2D eigenvalue weighted by Crippen LogP contribution is 2.30. The van der Waals surface area contributed by atoms with Crippen LogP contribution in [0, 0.1) is 0 Å². The topological polar surface area (TPSA) is 51.0 Å². The third-order valence-corrected chi connectivity index (χ3v) is 3.83. The lowest BCUT2D eigenvalue weighted by molar-refractivity contribution is 0.340. The fraction of sp³-hybridized carbons (Fsp3) is 0.222. The standard InChI is InChI=1S/C18H20N2O/c1-2-21-14-9-7-13(8-10-14)16(11-19)17-12-20-18-6-4-3-5-15(17)18/h3-10,12,16,20H,2,11,19H2,1H3. The second-order valence-corrected chi connectivity index (χ2v) is 5.08. The molecule has 1 aromatic heterocycles. The van der Waals surface area contributed by atoms with Crippen LogP contribution in [0.15, 0.2) is 54.7 Å². The van der Waals surface area contributed by atoms with Gasteiger partial charge < -0.3 is 15.5 Å². The Balaban J connectivity index is 1.97. The number of H-pyrrole nitrogens is 1. The summed E-state index contributed by atoms with van der Waals surface area (Å²) < 4.78 is 5.50. The van der Waals surface area contributed by atoms with Crippen LogP contribution in [0.1, 0.15) is 24.0 Å². The number of nitrogens with two attached hydrogens (primary N) is 1. The molecule has 0 fully saturated rings. The molecule has 3 nitrogen and oxygen atoms in total. The van der Waals surface area contributed by atoms with E-state index in [-0.39, 0.29) is 5.92 Å². The number of para-hydroxylation sites is 1. The van der Waals surface area contributed by atoms with E-state index in [0.717, 1.165) is 11.3 Å². The van der Waals surface area contributed by atoms with Crippen molar-refractivity contribution < 1.29 is 4.74 Å². The van der Waals surface area contributed by atoms with Crippen LogP contribution in [0.25, 0.3) is 10.9 Å². The highest BCUT2D eigenvalue weighted by Gasteiger charge is 2.16. The normalized spacial score (nSPS) is 12.5. The zero-order valence-corrected chi connectivity index (χ0v) is 12.2. The van der Waals surface area contributed by atoms with Crippen molar-refractivity contribution in [3.05, 3.63) is 65.9 Å². The summed E-state index contributed by atoms with van der Waals surface area (Å²) in [7, 11) is 0. The lowest BCUT2D eigenvalue weighted by Gasteiger charge is -2.15. The van der Waals surface area contributed by atoms with Gasteiger partial charge in [0.05, 0.1) is 6.61 Å². The quantitative estimate of drug-likeness (QED) is 0.749. The third-order valence-electron chi connectivity index (χ3n) is 3.83. The molecule has 21 heavy (non-hydrogen) atoms. The average Bonchev–Trinajstić information content (AvgIpc) is 2.94. The number of hydrogen-bond donors (Lipinski definition) is 2. The van der Waals surface area contributed by atoms with Gasteiger partial charge in [-0.2, -0.15) is 0 Å². The van der Waals surface area contributed by atoms with Crippen LogP contribution in [0.4, 0.5) is 0 Å². The van der Waals surface area contributed by atoms with Gasteiger partial charge in [0.15, 0.2) is 0 Å². The summed E-state index contributed by atoms with van der Waals surface area (Å²) in [4.78, 5) is 3.32. The van der Waals surface area contributed by atoms with Crippen molar-refractivity contribution in [1.82, 2.24) is 4.98 Å². The first kappa shape index (κ1) is 13.7. The Morgan fingerprint density at radius 2 is 1.86 bits per heavy atom. The molecule has 2 aromatic carbocycles. The molecule has 3 N–H and O–H groups in total. The monoisotopic (exact) mass is 280 g/mol. The van der Waals surface area contributed by atoms with Crippen molar-refractivity contribution in [3.63, 3.8) is 0 Å². The molecule has 108 valence electrons. The van der Waals surface area contributed by atoms with Crippen molar-refractivity contribution in [2.75, 3.05) is 13.2 Å². The number of benzene rings is 2. The zero-order chi connectivity index (χ0) is 14.7. The molecule has 0 aliphatic rings. The number of hydrogen-bond acceptors (Lipinski definition) is 2. The number of nitrogens with one attached hydrogen (secondary N) is 1. The lowest BCUT2D eigenvalue weighted by atomic mass is 9.91.